The molecule has 1 aromatic carbocycles. The lowest BCUT2D eigenvalue weighted by Crippen LogP contribution is -2.29. The SMILES string of the molecule is Cn1cc(C(=O)NC2CCn3c2nc(-c2ccncc2)cc3=O)c2ccccc21. The highest BCUT2D eigenvalue weighted by Crippen LogP contribution is 2.26. The van der Waals surface area contributed by atoms with E-state index < -0.39 is 0 Å². The van der Waals surface area contributed by atoms with Crippen LogP contribution in [0.3, 0.4) is 0 Å². The van der Waals surface area contributed by atoms with E-state index >= 15 is 0 Å². The van der Waals surface area contributed by atoms with E-state index in [1.54, 1.807) is 17.0 Å². The summed E-state index contributed by atoms with van der Waals surface area (Å²) in [5.74, 6) is 0.432. The van der Waals surface area contributed by atoms with E-state index in [1.807, 2.05) is 54.2 Å². The minimum Gasteiger partial charge on any atom is -0.350 e. The predicted molar refractivity (Wildman–Crippen MR) is 109 cm³/mol. The molecule has 1 aliphatic heterocycles. The van der Waals surface area contributed by atoms with Gasteiger partial charge in [-0.1, -0.05) is 18.2 Å². The molecule has 29 heavy (non-hydrogen) atoms. The number of carbonyl (C=O) groups is 1. The van der Waals surface area contributed by atoms with Crippen LogP contribution in [0, 0.1) is 0 Å². The van der Waals surface area contributed by atoms with Crippen LogP contribution in [0.25, 0.3) is 22.2 Å². The quantitative estimate of drug-likeness (QED) is 0.588. The van der Waals surface area contributed by atoms with Crippen molar-refractivity contribution in [3.05, 3.63) is 82.8 Å². The maximum absolute atomic E-state index is 13.0. The number of pyridine rings is 1. The summed E-state index contributed by atoms with van der Waals surface area (Å²) in [6, 6.07) is 12.7. The largest absolute Gasteiger partial charge is 0.350 e. The number of hydrogen-bond donors (Lipinski definition) is 1. The number of para-hydroxylation sites is 1. The van der Waals surface area contributed by atoms with E-state index in [9.17, 15) is 9.59 Å². The Morgan fingerprint density at radius 1 is 1.17 bits per heavy atom. The number of benzene rings is 1. The summed E-state index contributed by atoms with van der Waals surface area (Å²) in [6.45, 7) is 0.540. The molecule has 1 atom stereocenters. The molecule has 7 heteroatoms. The summed E-state index contributed by atoms with van der Waals surface area (Å²) in [6.07, 6.45) is 5.81. The lowest BCUT2D eigenvalue weighted by atomic mass is 10.1. The molecule has 1 unspecified atom stereocenters. The zero-order valence-corrected chi connectivity index (χ0v) is 15.9. The van der Waals surface area contributed by atoms with Crippen molar-refractivity contribution < 1.29 is 4.79 Å². The molecule has 4 aromatic rings. The minimum atomic E-state index is -0.309. The van der Waals surface area contributed by atoms with Crippen molar-refractivity contribution in [3.63, 3.8) is 0 Å². The smallest absolute Gasteiger partial charge is 0.254 e. The summed E-state index contributed by atoms with van der Waals surface area (Å²) in [5.41, 5.74) is 2.93. The molecule has 7 nitrogen and oxygen atoms in total. The van der Waals surface area contributed by atoms with Crippen LogP contribution in [-0.2, 0) is 13.6 Å². The molecule has 0 radical (unpaired) electrons. The number of nitrogens with one attached hydrogen (secondary N) is 1. The molecule has 0 spiro atoms. The fourth-order valence-corrected chi connectivity index (χ4v) is 3.97. The van der Waals surface area contributed by atoms with Crippen molar-refractivity contribution in [1.29, 1.82) is 0 Å². The Balaban J connectivity index is 1.49. The predicted octanol–water partition coefficient (Wildman–Crippen LogP) is 2.67. The second-order valence-electron chi connectivity index (χ2n) is 7.21. The summed E-state index contributed by atoms with van der Waals surface area (Å²) in [4.78, 5) is 34.3. The third kappa shape index (κ3) is 2.91. The monoisotopic (exact) mass is 385 g/mol. The first-order valence-corrected chi connectivity index (χ1v) is 9.49. The van der Waals surface area contributed by atoms with Crippen molar-refractivity contribution in [3.8, 4) is 11.3 Å². The van der Waals surface area contributed by atoms with Gasteiger partial charge in [0.1, 0.15) is 5.82 Å². The van der Waals surface area contributed by atoms with E-state index in [4.69, 9.17) is 4.98 Å². The molecule has 3 aromatic heterocycles. The highest BCUT2D eigenvalue weighted by atomic mass is 16.2. The molecule has 0 fully saturated rings. The maximum atomic E-state index is 13.0. The Morgan fingerprint density at radius 2 is 1.97 bits per heavy atom. The van der Waals surface area contributed by atoms with E-state index in [2.05, 4.69) is 10.3 Å². The fourth-order valence-electron chi connectivity index (χ4n) is 3.97. The number of carbonyl (C=O) groups excluding carboxylic acids is 1. The van der Waals surface area contributed by atoms with Crippen LogP contribution in [0.2, 0.25) is 0 Å². The van der Waals surface area contributed by atoms with E-state index in [1.165, 1.54) is 6.07 Å². The summed E-state index contributed by atoms with van der Waals surface area (Å²) >= 11 is 0. The van der Waals surface area contributed by atoms with Crippen molar-refractivity contribution in [1.82, 2.24) is 24.4 Å². The van der Waals surface area contributed by atoms with Gasteiger partial charge in [-0.3, -0.25) is 19.1 Å². The Morgan fingerprint density at radius 3 is 2.79 bits per heavy atom. The molecule has 1 amide bonds. The number of aromatic nitrogens is 4. The Kier molecular flexibility index (Phi) is 4.01. The molecule has 5 rings (SSSR count). The fraction of sp³-hybridized carbons (Fsp3) is 0.182. The van der Waals surface area contributed by atoms with Gasteiger partial charge in [-0.15, -0.1) is 0 Å². The molecular weight excluding hydrogens is 366 g/mol. The van der Waals surface area contributed by atoms with Gasteiger partial charge in [0.2, 0.25) is 0 Å². The standard InChI is InChI=1S/C22H19N5O2/c1-26-13-16(15-4-2-3-5-19(15)26)22(29)25-17-8-11-27-20(28)12-18(24-21(17)27)14-6-9-23-10-7-14/h2-7,9-10,12-13,17H,8,11H2,1H3,(H,25,29). The number of fused-ring (bicyclic) bond motifs is 2. The van der Waals surface area contributed by atoms with Gasteiger partial charge in [0.25, 0.3) is 11.5 Å². The van der Waals surface area contributed by atoms with Crippen LogP contribution in [0.5, 0.6) is 0 Å². The zero-order valence-electron chi connectivity index (χ0n) is 15.9. The molecule has 144 valence electrons. The normalized spacial score (nSPS) is 15.4. The average Bonchev–Trinajstić information content (AvgIpc) is 3.30. The van der Waals surface area contributed by atoms with Crippen molar-refractivity contribution in [2.75, 3.05) is 0 Å². The molecule has 0 bridgehead atoms. The third-order valence-electron chi connectivity index (χ3n) is 5.41. The first-order valence-electron chi connectivity index (χ1n) is 9.49. The van der Waals surface area contributed by atoms with Crippen LogP contribution < -0.4 is 10.9 Å². The molecule has 0 saturated carbocycles. The number of aryl methyl sites for hydroxylation is 1. The Hall–Kier alpha value is -3.74. The minimum absolute atomic E-state index is 0.108. The number of rotatable bonds is 3. The van der Waals surface area contributed by atoms with Crippen LogP contribution in [0.15, 0.2) is 65.8 Å². The second-order valence-corrected chi connectivity index (χ2v) is 7.21. The van der Waals surface area contributed by atoms with E-state index in [0.29, 0.717) is 30.0 Å². The summed E-state index contributed by atoms with van der Waals surface area (Å²) < 4.78 is 3.58. The lowest BCUT2D eigenvalue weighted by molar-refractivity contribution is 0.0937. The van der Waals surface area contributed by atoms with Gasteiger partial charge in [-0.2, -0.15) is 0 Å². The average molecular weight is 385 g/mol. The van der Waals surface area contributed by atoms with Gasteiger partial charge in [-0.25, -0.2) is 4.98 Å². The van der Waals surface area contributed by atoms with Gasteiger partial charge < -0.3 is 9.88 Å². The number of nitrogens with zero attached hydrogens (tertiary/aromatic N) is 4. The Labute approximate surface area is 166 Å². The third-order valence-corrected chi connectivity index (χ3v) is 5.41. The number of amides is 1. The van der Waals surface area contributed by atoms with Gasteiger partial charge in [0, 0.05) is 54.7 Å². The highest BCUT2D eigenvalue weighted by Gasteiger charge is 2.28. The molecule has 4 heterocycles. The van der Waals surface area contributed by atoms with Gasteiger partial charge in [-0.05, 0) is 24.6 Å². The van der Waals surface area contributed by atoms with Crippen LogP contribution >= 0.6 is 0 Å². The zero-order chi connectivity index (χ0) is 20.0. The summed E-state index contributed by atoms with van der Waals surface area (Å²) in [7, 11) is 1.92. The Bertz CT molecular complexity index is 1290. The molecule has 1 N–H and O–H groups in total. The first kappa shape index (κ1) is 17.4. The molecular formula is C22H19N5O2. The van der Waals surface area contributed by atoms with Crippen LogP contribution in [-0.4, -0.2) is 25.0 Å². The number of hydrogen-bond acceptors (Lipinski definition) is 4. The van der Waals surface area contributed by atoms with Gasteiger partial charge in [0.15, 0.2) is 0 Å². The van der Waals surface area contributed by atoms with Gasteiger partial charge >= 0.3 is 0 Å². The van der Waals surface area contributed by atoms with Crippen LogP contribution in [0.4, 0.5) is 0 Å². The van der Waals surface area contributed by atoms with Gasteiger partial charge in [0.05, 0.1) is 17.3 Å². The molecule has 1 aliphatic rings. The van der Waals surface area contributed by atoms with Crippen molar-refractivity contribution in [2.24, 2.45) is 7.05 Å². The topological polar surface area (TPSA) is 81.8 Å². The highest BCUT2D eigenvalue weighted by molar-refractivity contribution is 6.07. The molecule has 0 saturated heterocycles. The summed E-state index contributed by atoms with van der Waals surface area (Å²) in [5, 5.41) is 3.98. The van der Waals surface area contributed by atoms with E-state index in [-0.39, 0.29) is 17.5 Å². The molecule has 0 aliphatic carbocycles. The second kappa shape index (κ2) is 6.70. The lowest BCUT2D eigenvalue weighted by Gasteiger charge is -2.13. The maximum Gasteiger partial charge on any atom is 0.254 e. The first-order chi connectivity index (χ1) is 14.1. The van der Waals surface area contributed by atoms with Crippen molar-refractivity contribution >= 4 is 16.8 Å². The van der Waals surface area contributed by atoms with Crippen molar-refractivity contribution in [2.45, 2.75) is 19.0 Å². The van der Waals surface area contributed by atoms with Crippen LogP contribution in [0.1, 0.15) is 28.6 Å². The van der Waals surface area contributed by atoms with E-state index in [0.717, 1.165) is 16.5 Å².